The van der Waals surface area contributed by atoms with Crippen molar-refractivity contribution in [3.63, 3.8) is 0 Å². The Balaban J connectivity index is 1.98. The predicted molar refractivity (Wildman–Crippen MR) is 75.2 cm³/mol. The molecule has 7 heteroatoms. The Hall–Kier alpha value is -1.73. The molecule has 0 radical (unpaired) electrons. The first-order valence-corrected chi connectivity index (χ1v) is 7.89. The summed E-state index contributed by atoms with van der Waals surface area (Å²) in [6.45, 7) is 0.992. The first-order valence-electron chi connectivity index (χ1n) is 6.28. The van der Waals surface area contributed by atoms with Gasteiger partial charge >= 0.3 is 0 Å². The molecule has 6 nitrogen and oxygen atoms in total. The molecule has 0 saturated heterocycles. The predicted octanol–water partition coefficient (Wildman–Crippen LogP) is 0.748. The largest absolute Gasteiger partial charge is 0.298 e. The van der Waals surface area contributed by atoms with E-state index in [0.29, 0.717) is 25.3 Å². The normalized spacial score (nSPS) is 15.2. The lowest BCUT2D eigenvalue weighted by Gasteiger charge is -2.18. The molecule has 1 aromatic carbocycles. The van der Waals surface area contributed by atoms with Gasteiger partial charge in [0.2, 0.25) is 5.91 Å². The van der Waals surface area contributed by atoms with Crippen molar-refractivity contribution >= 4 is 21.9 Å². The molecule has 1 heterocycles. The SMILES string of the molecule is O=C(CCS(=O)(=O)O)N1CCN=C1Cc1ccccc1. The van der Waals surface area contributed by atoms with Crippen molar-refractivity contribution in [2.24, 2.45) is 4.99 Å². The maximum atomic E-state index is 12.0. The average Bonchev–Trinajstić information content (AvgIpc) is 2.84. The summed E-state index contributed by atoms with van der Waals surface area (Å²) in [6.07, 6.45) is 0.311. The van der Waals surface area contributed by atoms with Crippen molar-refractivity contribution < 1.29 is 17.8 Å². The molecular formula is C13H16N2O4S. The van der Waals surface area contributed by atoms with E-state index < -0.39 is 15.9 Å². The van der Waals surface area contributed by atoms with Gasteiger partial charge in [-0.15, -0.1) is 0 Å². The number of carbonyl (C=O) groups excluding carboxylic acids is 1. The van der Waals surface area contributed by atoms with Crippen molar-refractivity contribution in [1.29, 1.82) is 0 Å². The van der Waals surface area contributed by atoms with Crippen LogP contribution in [0, 0.1) is 0 Å². The number of nitrogens with zero attached hydrogens (tertiary/aromatic N) is 2. The summed E-state index contributed by atoms with van der Waals surface area (Å²) >= 11 is 0. The molecule has 0 spiro atoms. The summed E-state index contributed by atoms with van der Waals surface area (Å²) in [5.41, 5.74) is 1.04. The maximum absolute atomic E-state index is 12.0. The second-order valence-corrected chi connectivity index (χ2v) is 6.11. The second-order valence-electron chi connectivity index (χ2n) is 4.54. The zero-order valence-corrected chi connectivity index (χ0v) is 11.7. The number of rotatable bonds is 5. The molecule has 20 heavy (non-hydrogen) atoms. The molecule has 1 aliphatic heterocycles. The Kier molecular flexibility index (Phi) is 4.51. The molecule has 0 bridgehead atoms. The van der Waals surface area contributed by atoms with Crippen LogP contribution < -0.4 is 0 Å². The van der Waals surface area contributed by atoms with E-state index in [0.717, 1.165) is 5.56 Å². The molecule has 0 atom stereocenters. The highest BCUT2D eigenvalue weighted by molar-refractivity contribution is 7.85. The van der Waals surface area contributed by atoms with Crippen LogP contribution in [0.2, 0.25) is 0 Å². The van der Waals surface area contributed by atoms with Crippen molar-refractivity contribution in [2.45, 2.75) is 12.8 Å². The fourth-order valence-electron chi connectivity index (χ4n) is 2.04. The van der Waals surface area contributed by atoms with Crippen LogP contribution in [-0.2, 0) is 21.3 Å². The Labute approximate surface area is 117 Å². The summed E-state index contributed by atoms with van der Waals surface area (Å²) in [5, 5.41) is 0. The number of amides is 1. The van der Waals surface area contributed by atoms with Gasteiger partial charge in [0.05, 0.1) is 12.3 Å². The molecule has 0 aromatic heterocycles. The molecule has 1 aromatic rings. The number of benzene rings is 1. The van der Waals surface area contributed by atoms with E-state index in [1.54, 1.807) is 0 Å². The Morgan fingerprint density at radius 2 is 2.00 bits per heavy atom. The standard InChI is InChI=1S/C13H16N2O4S/c16-13(6-9-20(17,18)19)15-8-7-14-12(15)10-11-4-2-1-3-5-11/h1-5H,6-10H2,(H,17,18,19). The average molecular weight is 296 g/mol. The highest BCUT2D eigenvalue weighted by Gasteiger charge is 2.24. The molecule has 1 amide bonds. The van der Waals surface area contributed by atoms with Crippen LogP contribution in [0.4, 0.5) is 0 Å². The quantitative estimate of drug-likeness (QED) is 0.812. The van der Waals surface area contributed by atoms with Gasteiger partial charge < -0.3 is 0 Å². The van der Waals surface area contributed by atoms with E-state index >= 15 is 0 Å². The number of carbonyl (C=O) groups is 1. The first-order chi connectivity index (χ1) is 9.46. The van der Waals surface area contributed by atoms with Crippen LogP contribution in [0.5, 0.6) is 0 Å². The molecule has 0 aliphatic carbocycles. The van der Waals surface area contributed by atoms with E-state index in [1.807, 2.05) is 30.3 Å². The molecule has 2 rings (SSSR count). The third-order valence-corrected chi connectivity index (χ3v) is 3.73. The van der Waals surface area contributed by atoms with Crippen LogP contribution in [0.1, 0.15) is 12.0 Å². The monoisotopic (exact) mass is 296 g/mol. The van der Waals surface area contributed by atoms with E-state index in [9.17, 15) is 13.2 Å². The zero-order valence-electron chi connectivity index (χ0n) is 10.9. The zero-order chi connectivity index (χ0) is 14.6. The van der Waals surface area contributed by atoms with E-state index in [-0.39, 0.29) is 12.3 Å². The minimum Gasteiger partial charge on any atom is -0.298 e. The molecule has 0 fully saturated rings. The Bertz CT molecular complexity index is 611. The van der Waals surface area contributed by atoms with Gasteiger partial charge in [0.25, 0.3) is 10.1 Å². The number of hydrogen-bond acceptors (Lipinski definition) is 4. The van der Waals surface area contributed by atoms with Gasteiger partial charge in [-0.2, -0.15) is 8.42 Å². The Morgan fingerprint density at radius 1 is 1.30 bits per heavy atom. The summed E-state index contributed by atoms with van der Waals surface area (Å²) < 4.78 is 30.0. The van der Waals surface area contributed by atoms with Gasteiger partial charge in [-0.05, 0) is 5.56 Å². The molecule has 108 valence electrons. The van der Waals surface area contributed by atoms with Crippen molar-refractivity contribution in [1.82, 2.24) is 4.90 Å². The summed E-state index contributed by atoms with van der Waals surface area (Å²) in [4.78, 5) is 17.7. The highest BCUT2D eigenvalue weighted by Crippen LogP contribution is 2.11. The first kappa shape index (κ1) is 14.7. The van der Waals surface area contributed by atoms with Crippen LogP contribution in [0.25, 0.3) is 0 Å². The lowest BCUT2D eigenvalue weighted by atomic mass is 10.1. The van der Waals surface area contributed by atoms with E-state index in [2.05, 4.69) is 4.99 Å². The molecule has 0 saturated carbocycles. The minimum absolute atomic E-state index is 0.230. The fourth-order valence-corrected chi connectivity index (χ4v) is 2.48. The van der Waals surface area contributed by atoms with Crippen LogP contribution >= 0.6 is 0 Å². The van der Waals surface area contributed by atoms with E-state index in [4.69, 9.17) is 4.55 Å². The van der Waals surface area contributed by atoms with E-state index in [1.165, 1.54) is 4.90 Å². The molecule has 1 aliphatic rings. The van der Waals surface area contributed by atoms with Crippen molar-refractivity contribution in [2.75, 3.05) is 18.8 Å². The van der Waals surface area contributed by atoms with Gasteiger partial charge in [0, 0.05) is 19.4 Å². The highest BCUT2D eigenvalue weighted by atomic mass is 32.2. The third-order valence-electron chi connectivity index (χ3n) is 3.01. The van der Waals surface area contributed by atoms with Crippen LogP contribution in [0.3, 0.4) is 0 Å². The minimum atomic E-state index is -4.11. The fraction of sp³-hybridized carbons (Fsp3) is 0.385. The van der Waals surface area contributed by atoms with Gasteiger partial charge in [0.1, 0.15) is 5.84 Å². The molecule has 0 unspecified atom stereocenters. The lowest BCUT2D eigenvalue weighted by Crippen LogP contribution is -2.36. The summed E-state index contributed by atoms with van der Waals surface area (Å²) in [7, 11) is -4.11. The van der Waals surface area contributed by atoms with Crippen molar-refractivity contribution in [3.05, 3.63) is 35.9 Å². The Morgan fingerprint density at radius 3 is 2.65 bits per heavy atom. The van der Waals surface area contributed by atoms with Gasteiger partial charge in [0.15, 0.2) is 0 Å². The topological polar surface area (TPSA) is 87.0 Å². The summed E-state index contributed by atoms with van der Waals surface area (Å²) in [5.74, 6) is -0.229. The maximum Gasteiger partial charge on any atom is 0.265 e. The van der Waals surface area contributed by atoms with Gasteiger partial charge in [-0.25, -0.2) is 0 Å². The van der Waals surface area contributed by atoms with Gasteiger partial charge in [-0.3, -0.25) is 19.2 Å². The van der Waals surface area contributed by atoms with Gasteiger partial charge in [-0.1, -0.05) is 30.3 Å². The smallest absolute Gasteiger partial charge is 0.265 e. The number of aliphatic imine (C=N–C) groups is 1. The van der Waals surface area contributed by atoms with Crippen molar-refractivity contribution in [3.8, 4) is 0 Å². The van der Waals surface area contributed by atoms with Crippen LogP contribution in [0.15, 0.2) is 35.3 Å². The second kappa shape index (κ2) is 6.15. The summed E-state index contributed by atoms with van der Waals surface area (Å²) in [6, 6.07) is 9.63. The lowest BCUT2D eigenvalue weighted by molar-refractivity contribution is -0.126. The third kappa shape index (κ3) is 4.14. The van der Waals surface area contributed by atoms with Crippen LogP contribution in [-0.4, -0.2) is 48.5 Å². The molecular weight excluding hydrogens is 280 g/mol. The number of amidine groups is 1. The number of hydrogen-bond donors (Lipinski definition) is 1. The molecule has 1 N–H and O–H groups in total.